The average molecular weight is 279 g/mol. The molecule has 0 heterocycles. The Morgan fingerprint density at radius 3 is 2.41 bits per heavy atom. The molecule has 0 bridgehead atoms. The summed E-state index contributed by atoms with van der Waals surface area (Å²) in [5.74, 6) is 0. The van der Waals surface area contributed by atoms with E-state index in [1.54, 1.807) is 6.07 Å². The Labute approximate surface area is 101 Å². The summed E-state index contributed by atoms with van der Waals surface area (Å²) >= 11 is 0. The number of rotatable bonds is 5. The molecular formula is C9H13NO5S2. The fourth-order valence-electron chi connectivity index (χ4n) is 1.10. The van der Waals surface area contributed by atoms with Crippen molar-refractivity contribution in [2.24, 2.45) is 0 Å². The minimum absolute atomic E-state index is 0.0644. The van der Waals surface area contributed by atoms with Crippen molar-refractivity contribution in [1.82, 2.24) is 4.72 Å². The zero-order valence-electron chi connectivity index (χ0n) is 9.37. The van der Waals surface area contributed by atoms with E-state index in [0.29, 0.717) is 5.56 Å². The summed E-state index contributed by atoms with van der Waals surface area (Å²) in [5.41, 5.74) is 0.465. The first kappa shape index (κ1) is 14.1. The van der Waals surface area contributed by atoms with Crippen molar-refractivity contribution in [3.63, 3.8) is 0 Å². The highest BCUT2D eigenvalue weighted by molar-refractivity contribution is 7.89. The van der Waals surface area contributed by atoms with E-state index in [1.165, 1.54) is 25.2 Å². The maximum atomic E-state index is 11.5. The van der Waals surface area contributed by atoms with Gasteiger partial charge in [-0.1, -0.05) is 12.1 Å². The number of sulfonamides is 1. The summed E-state index contributed by atoms with van der Waals surface area (Å²) < 4.78 is 51.3. The lowest BCUT2D eigenvalue weighted by molar-refractivity contribution is 0.311. The standard InChI is InChI=1S/C9H13NO5S2/c1-10-17(13,14)9-5-3-4-8(6-9)7-15-16(2,11)12/h3-6,10H,7H2,1-2H3. The molecule has 0 aliphatic carbocycles. The third-order valence-electron chi connectivity index (χ3n) is 1.92. The van der Waals surface area contributed by atoms with Gasteiger partial charge in [0.1, 0.15) is 0 Å². The van der Waals surface area contributed by atoms with Crippen LogP contribution in [0.3, 0.4) is 0 Å². The van der Waals surface area contributed by atoms with E-state index in [2.05, 4.69) is 8.91 Å². The highest BCUT2D eigenvalue weighted by Crippen LogP contribution is 2.12. The third kappa shape index (κ3) is 4.43. The van der Waals surface area contributed by atoms with Gasteiger partial charge in [0.05, 0.1) is 17.8 Å². The maximum absolute atomic E-state index is 11.5. The van der Waals surface area contributed by atoms with Crippen LogP contribution >= 0.6 is 0 Å². The van der Waals surface area contributed by atoms with Crippen LogP contribution in [0.4, 0.5) is 0 Å². The summed E-state index contributed by atoms with van der Waals surface area (Å²) in [5, 5.41) is 0. The molecule has 0 fully saturated rings. The van der Waals surface area contributed by atoms with E-state index in [4.69, 9.17) is 0 Å². The van der Waals surface area contributed by atoms with Gasteiger partial charge in [0, 0.05) is 0 Å². The Morgan fingerprint density at radius 1 is 1.24 bits per heavy atom. The Hall–Kier alpha value is -0.960. The number of benzene rings is 1. The Balaban J connectivity index is 2.95. The second-order valence-electron chi connectivity index (χ2n) is 3.32. The van der Waals surface area contributed by atoms with E-state index in [9.17, 15) is 16.8 Å². The molecule has 1 rings (SSSR count). The first-order valence-electron chi connectivity index (χ1n) is 4.61. The van der Waals surface area contributed by atoms with Gasteiger partial charge in [-0.15, -0.1) is 0 Å². The lowest BCUT2D eigenvalue weighted by atomic mass is 10.2. The van der Waals surface area contributed by atoms with Crippen molar-refractivity contribution in [3.05, 3.63) is 29.8 Å². The van der Waals surface area contributed by atoms with Crippen LogP contribution in [0.25, 0.3) is 0 Å². The first-order chi connectivity index (χ1) is 7.74. The van der Waals surface area contributed by atoms with E-state index < -0.39 is 20.1 Å². The van der Waals surface area contributed by atoms with Crippen molar-refractivity contribution >= 4 is 20.1 Å². The zero-order chi connectivity index (χ0) is 13.1. The topological polar surface area (TPSA) is 89.5 Å². The van der Waals surface area contributed by atoms with Crippen LogP contribution in [0, 0.1) is 0 Å². The molecular weight excluding hydrogens is 266 g/mol. The van der Waals surface area contributed by atoms with Crippen LogP contribution in [0.2, 0.25) is 0 Å². The molecule has 0 spiro atoms. The maximum Gasteiger partial charge on any atom is 0.264 e. The summed E-state index contributed by atoms with van der Waals surface area (Å²) in [6.07, 6.45) is 0.932. The number of nitrogens with one attached hydrogen (secondary N) is 1. The largest absolute Gasteiger partial charge is 0.265 e. The predicted octanol–water partition coefficient (Wildman–Crippen LogP) is 0.0709. The van der Waals surface area contributed by atoms with E-state index in [1.807, 2.05) is 0 Å². The van der Waals surface area contributed by atoms with Gasteiger partial charge in [-0.2, -0.15) is 8.42 Å². The molecule has 0 amide bonds. The van der Waals surface area contributed by atoms with Gasteiger partial charge in [-0.3, -0.25) is 4.18 Å². The van der Waals surface area contributed by atoms with Gasteiger partial charge >= 0.3 is 0 Å². The monoisotopic (exact) mass is 279 g/mol. The second-order valence-corrected chi connectivity index (χ2v) is 6.85. The molecule has 0 aliphatic rings. The molecule has 17 heavy (non-hydrogen) atoms. The van der Waals surface area contributed by atoms with E-state index >= 15 is 0 Å². The Morgan fingerprint density at radius 2 is 1.88 bits per heavy atom. The summed E-state index contributed by atoms with van der Waals surface area (Å²) in [6.45, 7) is -0.189. The summed E-state index contributed by atoms with van der Waals surface area (Å²) in [4.78, 5) is 0.0644. The minimum atomic E-state index is -3.54. The highest BCUT2D eigenvalue weighted by atomic mass is 32.2. The third-order valence-corrected chi connectivity index (χ3v) is 3.88. The molecule has 0 unspecified atom stereocenters. The van der Waals surface area contributed by atoms with Crippen LogP contribution in [0.5, 0.6) is 0 Å². The minimum Gasteiger partial charge on any atom is -0.265 e. The smallest absolute Gasteiger partial charge is 0.264 e. The normalized spacial score (nSPS) is 12.6. The van der Waals surface area contributed by atoms with Crippen molar-refractivity contribution < 1.29 is 21.0 Å². The number of hydrogen-bond donors (Lipinski definition) is 1. The van der Waals surface area contributed by atoms with Crippen molar-refractivity contribution in [2.75, 3.05) is 13.3 Å². The molecule has 6 nitrogen and oxygen atoms in total. The zero-order valence-corrected chi connectivity index (χ0v) is 11.0. The first-order valence-corrected chi connectivity index (χ1v) is 7.91. The van der Waals surface area contributed by atoms with Gasteiger partial charge in [0.2, 0.25) is 10.0 Å². The average Bonchev–Trinajstić information content (AvgIpc) is 2.26. The molecule has 0 atom stereocenters. The lowest BCUT2D eigenvalue weighted by Gasteiger charge is -2.05. The Kier molecular flexibility index (Phi) is 4.26. The summed E-state index contributed by atoms with van der Waals surface area (Å²) in [7, 11) is -5.77. The Bertz CT molecular complexity index is 592. The molecule has 1 aromatic carbocycles. The van der Waals surface area contributed by atoms with E-state index in [0.717, 1.165) is 6.26 Å². The fraction of sp³-hybridized carbons (Fsp3) is 0.333. The van der Waals surface area contributed by atoms with Gasteiger partial charge in [0.25, 0.3) is 10.1 Å². The van der Waals surface area contributed by atoms with Crippen LogP contribution in [-0.2, 0) is 30.9 Å². The van der Waals surface area contributed by atoms with Gasteiger partial charge in [-0.05, 0) is 24.7 Å². The van der Waals surface area contributed by atoms with Crippen LogP contribution < -0.4 is 4.72 Å². The lowest BCUT2D eigenvalue weighted by Crippen LogP contribution is -2.18. The van der Waals surface area contributed by atoms with Gasteiger partial charge in [-0.25, -0.2) is 13.1 Å². The van der Waals surface area contributed by atoms with Crippen molar-refractivity contribution in [3.8, 4) is 0 Å². The van der Waals surface area contributed by atoms with Gasteiger partial charge in [0.15, 0.2) is 0 Å². The second kappa shape index (κ2) is 5.13. The molecule has 0 aromatic heterocycles. The SMILES string of the molecule is CNS(=O)(=O)c1cccc(COS(C)(=O)=O)c1. The summed E-state index contributed by atoms with van der Waals surface area (Å²) in [6, 6.07) is 5.87. The molecule has 8 heteroatoms. The molecule has 1 N–H and O–H groups in total. The molecule has 96 valence electrons. The van der Waals surface area contributed by atoms with Crippen molar-refractivity contribution in [1.29, 1.82) is 0 Å². The van der Waals surface area contributed by atoms with E-state index in [-0.39, 0.29) is 11.5 Å². The molecule has 0 saturated heterocycles. The van der Waals surface area contributed by atoms with Crippen LogP contribution in [0.15, 0.2) is 29.2 Å². The van der Waals surface area contributed by atoms with Crippen molar-refractivity contribution in [2.45, 2.75) is 11.5 Å². The quantitative estimate of drug-likeness (QED) is 0.770. The predicted molar refractivity (Wildman–Crippen MR) is 62.3 cm³/mol. The van der Waals surface area contributed by atoms with Crippen LogP contribution in [-0.4, -0.2) is 30.1 Å². The highest BCUT2D eigenvalue weighted by Gasteiger charge is 2.12. The molecule has 0 aliphatic heterocycles. The molecule has 0 radical (unpaired) electrons. The molecule has 0 saturated carbocycles. The molecule has 1 aromatic rings. The fourth-order valence-corrected chi connectivity index (χ4v) is 2.25. The number of hydrogen-bond acceptors (Lipinski definition) is 5. The van der Waals surface area contributed by atoms with Crippen LogP contribution in [0.1, 0.15) is 5.56 Å². The van der Waals surface area contributed by atoms with Gasteiger partial charge < -0.3 is 0 Å².